The molecule has 1 aromatic rings. The Hall–Kier alpha value is -1.82. The van der Waals surface area contributed by atoms with Gasteiger partial charge in [0.2, 0.25) is 5.91 Å². The van der Waals surface area contributed by atoms with Crippen LogP contribution < -0.4 is 5.32 Å². The van der Waals surface area contributed by atoms with Gasteiger partial charge in [-0.1, -0.05) is 0 Å². The fourth-order valence-corrected chi connectivity index (χ4v) is 2.71. The highest BCUT2D eigenvalue weighted by Gasteiger charge is 2.33. The van der Waals surface area contributed by atoms with Crippen molar-refractivity contribution in [3.8, 4) is 0 Å². The van der Waals surface area contributed by atoms with E-state index in [0.29, 0.717) is 26.1 Å². The maximum Gasteiger partial charge on any atom is 0.290 e. The lowest BCUT2D eigenvalue weighted by molar-refractivity contribution is -0.126. The van der Waals surface area contributed by atoms with E-state index in [1.807, 2.05) is 13.8 Å². The molecule has 1 fully saturated rings. The largest absolute Gasteiger partial charge is 0.459 e. The van der Waals surface area contributed by atoms with Crippen LogP contribution >= 0.6 is 0 Å². The average molecular weight is 322 g/mol. The molecule has 0 aliphatic carbocycles. The van der Waals surface area contributed by atoms with Crippen LogP contribution in [-0.2, 0) is 9.53 Å². The van der Waals surface area contributed by atoms with E-state index in [1.54, 1.807) is 17.0 Å². The van der Waals surface area contributed by atoms with E-state index < -0.39 is 6.04 Å². The summed E-state index contributed by atoms with van der Waals surface area (Å²) in [6, 6.07) is 2.91. The molecule has 1 unspecified atom stereocenters. The molecule has 1 aliphatic heterocycles. The topological polar surface area (TPSA) is 71.8 Å². The minimum absolute atomic E-state index is 0.0887. The summed E-state index contributed by atoms with van der Waals surface area (Å²) in [5.74, 6) is -0.0119. The molecule has 2 rings (SSSR count). The van der Waals surface area contributed by atoms with Crippen LogP contribution in [0.3, 0.4) is 0 Å². The third-order valence-electron chi connectivity index (χ3n) is 3.87. The highest BCUT2D eigenvalue weighted by molar-refractivity contribution is 5.95. The Morgan fingerprint density at radius 3 is 2.96 bits per heavy atom. The Balaban J connectivity index is 1.85. The molecule has 0 saturated carbocycles. The standard InChI is InChI=1S/C17H26N2O4/c1-13(2)22-12-6-9-18-16(20)14-7-3-4-10-19(14)17(21)15-8-5-11-23-15/h5,8,11,13-14H,3-4,6-7,9-10,12H2,1-2H3,(H,18,20). The lowest BCUT2D eigenvalue weighted by Crippen LogP contribution is -2.52. The smallest absolute Gasteiger partial charge is 0.290 e. The van der Waals surface area contributed by atoms with Crippen LogP contribution in [0.5, 0.6) is 0 Å². The van der Waals surface area contributed by atoms with Crippen molar-refractivity contribution < 1.29 is 18.7 Å². The molecule has 0 bridgehead atoms. The number of likely N-dealkylation sites (tertiary alicyclic amines) is 1. The quantitative estimate of drug-likeness (QED) is 0.781. The van der Waals surface area contributed by atoms with Gasteiger partial charge in [0, 0.05) is 19.7 Å². The van der Waals surface area contributed by atoms with Crippen molar-refractivity contribution in [2.24, 2.45) is 0 Å². The van der Waals surface area contributed by atoms with Gasteiger partial charge in [-0.25, -0.2) is 0 Å². The number of carbonyl (C=O) groups is 2. The van der Waals surface area contributed by atoms with Crippen molar-refractivity contribution in [2.75, 3.05) is 19.7 Å². The van der Waals surface area contributed by atoms with E-state index in [9.17, 15) is 9.59 Å². The molecule has 0 radical (unpaired) electrons. The Kier molecular flexibility index (Phi) is 6.65. The predicted octanol–water partition coefficient (Wildman–Crippen LogP) is 2.21. The second kappa shape index (κ2) is 8.72. The van der Waals surface area contributed by atoms with E-state index in [-0.39, 0.29) is 23.7 Å². The van der Waals surface area contributed by atoms with Gasteiger partial charge in [-0.15, -0.1) is 0 Å². The van der Waals surface area contributed by atoms with Crippen molar-refractivity contribution in [2.45, 2.75) is 51.7 Å². The Bertz CT molecular complexity index is 499. The minimum atomic E-state index is -0.410. The first-order valence-electron chi connectivity index (χ1n) is 8.33. The van der Waals surface area contributed by atoms with Crippen LogP contribution in [0.25, 0.3) is 0 Å². The molecule has 2 amide bonds. The van der Waals surface area contributed by atoms with Crippen LogP contribution in [0.2, 0.25) is 0 Å². The first-order valence-corrected chi connectivity index (χ1v) is 8.33. The Labute approximate surface area is 137 Å². The van der Waals surface area contributed by atoms with Gasteiger partial charge in [-0.3, -0.25) is 9.59 Å². The van der Waals surface area contributed by atoms with Gasteiger partial charge in [0.15, 0.2) is 5.76 Å². The van der Waals surface area contributed by atoms with Crippen LogP contribution in [-0.4, -0.2) is 48.6 Å². The number of ether oxygens (including phenoxy) is 1. The van der Waals surface area contributed by atoms with Crippen molar-refractivity contribution in [3.63, 3.8) is 0 Å². The van der Waals surface area contributed by atoms with E-state index >= 15 is 0 Å². The SMILES string of the molecule is CC(C)OCCCNC(=O)C1CCCCN1C(=O)c1ccco1. The van der Waals surface area contributed by atoms with Gasteiger partial charge < -0.3 is 19.4 Å². The zero-order valence-electron chi connectivity index (χ0n) is 13.9. The first kappa shape index (κ1) is 17.5. The zero-order valence-corrected chi connectivity index (χ0v) is 13.9. The third-order valence-corrected chi connectivity index (χ3v) is 3.87. The first-order chi connectivity index (χ1) is 11.1. The molecule has 1 aromatic heterocycles. The number of piperidine rings is 1. The number of nitrogens with one attached hydrogen (secondary N) is 1. The van der Waals surface area contributed by atoms with Crippen LogP contribution in [0.4, 0.5) is 0 Å². The molecule has 6 heteroatoms. The van der Waals surface area contributed by atoms with Crippen molar-refractivity contribution in [1.82, 2.24) is 10.2 Å². The molecular formula is C17H26N2O4. The van der Waals surface area contributed by atoms with Gasteiger partial charge in [0.25, 0.3) is 5.91 Å². The Morgan fingerprint density at radius 2 is 2.26 bits per heavy atom. The summed E-state index contributed by atoms with van der Waals surface area (Å²) >= 11 is 0. The van der Waals surface area contributed by atoms with Crippen LogP contribution in [0.1, 0.15) is 50.1 Å². The molecule has 1 aliphatic rings. The number of rotatable bonds is 7. The summed E-state index contributed by atoms with van der Waals surface area (Å²) < 4.78 is 10.6. The third kappa shape index (κ3) is 5.10. The predicted molar refractivity (Wildman–Crippen MR) is 86.1 cm³/mol. The van der Waals surface area contributed by atoms with E-state index in [4.69, 9.17) is 9.15 Å². The molecule has 0 aromatic carbocycles. The van der Waals surface area contributed by atoms with Crippen LogP contribution in [0, 0.1) is 0 Å². The molecular weight excluding hydrogens is 296 g/mol. The highest BCUT2D eigenvalue weighted by atomic mass is 16.5. The monoisotopic (exact) mass is 322 g/mol. The fourth-order valence-electron chi connectivity index (χ4n) is 2.71. The highest BCUT2D eigenvalue weighted by Crippen LogP contribution is 2.20. The Morgan fingerprint density at radius 1 is 1.43 bits per heavy atom. The molecule has 128 valence electrons. The van der Waals surface area contributed by atoms with Gasteiger partial charge >= 0.3 is 0 Å². The summed E-state index contributed by atoms with van der Waals surface area (Å²) in [6.45, 7) is 5.74. The van der Waals surface area contributed by atoms with Gasteiger partial charge in [-0.05, 0) is 51.7 Å². The average Bonchev–Trinajstić information content (AvgIpc) is 3.08. The van der Waals surface area contributed by atoms with E-state index in [2.05, 4.69) is 5.32 Å². The number of furan rings is 1. The molecule has 1 N–H and O–H groups in total. The summed E-state index contributed by atoms with van der Waals surface area (Å²) in [7, 11) is 0. The van der Waals surface area contributed by atoms with Crippen molar-refractivity contribution in [3.05, 3.63) is 24.2 Å². The van der Waals surface area contributed by atoms with Crippen molar-refractivity contribution >= 4 is 11.8 Å². The lowest BCUT2D eigenvalue weighted by atomic mass is 10.0. The van der Waals surface area contributed by atoms with Gasteiger partial charge in [-0.2, -0.15) is 0 Å². The molecule has 6 nitrogen and oxygen atoms in total. The maximum atomic E-state index is 12.5. The normalized spacial score (nSPS) is 18.2. The molecule has 1 saturated heterocycles. The zero-order chi connectivity index (χ0) is 16.7. The van der Waals surface area contributed by atoms with E-state index in [0.717, 1.165) is 19.3 Å². The second-order valence-corrected chi connectivity index (χ2v) is 6.05. The number of nitrogens with zero attached hydrogens (tertiary/aromatic N) is 1. The summed E-state index contributed by atoms with van der Waals surface area (Å²) in [5, 5.41) is 2.91. The summed E-state index contributed by atoms with van der Waals surface area (Å²) in [5.41, 5.74) is 0. The van der Waals surface area contributed by atoms with Gasteiger partial charge in [0.05, 0.1) is 12.4 Å². The number of hydrogen-bond donors (Lipinski definition) is 1. The number of amides is 2. The fraction of sp³-hybridized carbons (Fsp3) is 0.647. The summed E-state index contributed by atoms with van der Waals surface area (Å²) in [4.78, 5) is 26.5. The second-order valence-electron chi connectivity index (χ2n) is 6.05. The van der Waals surface area contributed by atoms with E-state index in [1.165, 1.54) is 6.26 Å². The number of hydrogen-bond acceptors (Lipinski definition) is 4. The van der Waals surface area contributed by atoms with Crippen molar-refractivity contribution in [1.29, 1.82) is 0 Å². The van der Waals surface area contributed by atoms with Gasteiger partial charge in [0.1, 0.15) is 6.04 Å². The molecule has 0 spiro atoms. The lowest BCUT2D eigenvalue weighted by Gasteiger charge is -2.34. The van der Waals surface area contributed by atoms with Crippen LogP contribution in [0.15, 0.2) is 22.8 Å². The summed E-state index contributed by atoms with van der Waals surface area (Å²) in [6.07, 6.45) is 5.00. The minimum Gasteiger partial charge on any atom is -0.459 e. The maximum absolute atomic E-state index is 12.5. The molecule has 2 heterocycles. The number of carbonyl (C=O) groups excluding carboxylic acids is 2. The molecule has 23 heavy (non-hydrogen) atoms. The molecule has 1 atom stereocenters.